The van der Waals surface area contributed by atoms with Gasteiger partial charge in [0.15, 0.2) is 0 Å². The first-order valence-corrected chi connectivity index (χ1v) is 5.97. The van der Waals surface area contributed by atoms with E-state index in [1.54, 1.807) is 25.1 Å². The summed E-state index contributed by atoms with van der Waals surface area (Å²) in [4.78, 5) is 12.1. The summed E-state index contributed by atoms with van der Waals surface area (Å²) in [6.45, 7) is 1.67. The SMILES string of the molecule is Cc1cc(F)ccc1C(=O)Nc1ccc(N)cc1Cl. The Morgan fingerprint density at radius 3 is 2.63 bits per heavy atom. The number of aryl methyl sites for hydroxylation is 1. The van der Waals surface area contributed by atoms with Crippen molar-refractivity contribution in [2.75, 3.05) is 11.1 Å². The summed E-state index contributed by atoms with van der Waals surface area (Å²) in [5, 5.41) is 3.02. The molecule has 98 valence electrons. The molecule has 0 radical (unpaired) electrons. The average molecular weight is 279 g/mol. The van der Waals surface area contributed by atoms with Crippen molar-refractivity contribution in [2.45, 2.75) is 6.92 Å². The Balaban J connectivity index is 2.25. The topological polar surface area (TPSA) is 55.1 Å². The maximum atomic E-state index is 13.0. The van der Waals surface area contributed by atoms with Gasteiger partial charge in [0.1, 0.15) is 5.82 Å². The van der Waals surface area contributed by atoms with E-state index in [-0.39, 0.29) is 11.7 Å². The number of nitrogen functional groups attached to an aromatic ring is 1. The molecule has 0 heterocycles. The van der Waals surface area contributed by atoms with Gasteiger partial charge < -0.3 is 11.1 Å². The number of nitrogens with one attached hydrogen (secondary N) is 1. The van der Waals surface area contributed by atoms with E-state index in [1.165, 1.54) is 18.2 Å². The number of rotatable bonds is 2. The third-order valence-electron chi connectivity index (χ3n) is 2.67. The molecule has 0 spiro atoms. The van der Waals surface area contributed by atoms with Crippen molar-refractivity contribution in [2.24, 2.45) is 0 Å². The van der Waals surface area contributed by atoms with Gasteiger partial charge in [-0.15, -0.1) is 0 Å². The first-order chi connectivity index (χ1) is 8.97. The van der Waals surface area contributed by atoms with Gasteiger partial charge in [0, 0.05) is 11.3 Å². The van der Waals surface area contributed by atoms with E-state index in [2.05, 4.69) is 5.32 Å². The van der Waals surface area contributed by atoms with Crippen LogP contribution in [-0.2, 0) is 0 Å². The molecule has 3 nitrogen and oxygen atoms in total. The lowest BCUT2D eigenvalue weighted by Gasteiger charge is -2.09. The summed E-state index contributed by atoms with van der Waals surface area (Å²) in [6.07, 6.45) is 0. The fourth-order valence-corrected chi connectivity index (χ4v) is 1.94. The molecule has 0 saturated heterocycles. The molecule has 0 bridgehead atoms. The first-order valence-electron chi connectivity index (χ1n) is 5.60. The normalized spacial score (nSPS) is 10.3. The Morgan fingerprint density at radius 1 is 1.26 bits per heavy atom. The van der Waals surface area contributed by atoms with Crippen molar-refractivity contribution in [1.29, 1.82) is 0 Å². The molecular weight excluding hydrogens is 267 g/mol. The van der Waals surface area contributed by atoms with Gasteiger partial charge in [-0.1, -0.05) is 11.6 Å². The predicted molar refractivity (Wildman–Crippen MR) is 75.0 cm³/mol. The Morgan fingerprint density at radius 2 is 2.00 bits per heavy atom. The van der Waals surface area contributed by atoms with E-state index in [0.717, 1.165) is 0 Å². The van der Waals surface area contributed by atoms with Crippen LogP contribution in [0.4, 0.5) is 15.8 Å². The van der Waals surface area contributed by atoms with Crippen molar-refractivity contribution >= 4 is 28.9 Å². The maximum Gasteiger partial charge on any atom is 0.255 e. The minimum Gasteiger partial charge on any atom is -0.399 e. The predicted octanol–water partition coefficient (Wildman–Crippen LogP) is 3.62. The second-order valence-electron chi connectivity index (χ2n) is 4.15. The van der Waals surface area contributed by atoms with Crippen molar-refractivity contribution in [3.8, 4) is 0 Å². The van der Waals surface area contributed by atoms with Gasteiger partial charge in [-0.25, -0.2) is 4.39 Å². The van der Waals surface area contributed by atoms with Crippen LogP contribution in [0.2, 0.25) is 5.02 Å². The van der Waals surface area contributed by atoms with Crippen LogP contribution in [0.5, 0.6) is 0 Å². The van der Waals surface area contributed by atoms with Crippen LogP contribution in [-0.4, -0.2) is 5.91 Å². The molecule has 0 saturated carbocycles. The van der Waals surface area contributed by atoms with E-state index in [1.807, 2.05) is 0 Å². The minimum absolute atomic E-state index is 0.343. The largest absolute Gasteiger partial charge is 0.399 e. The van der Waals surface area contributed by atoms with E-state index >= 15 is 0 Å². The highest BCUT2D eigenvalue weighted by molar-refractivity contribution is 6.34. The summed E-state index contributed by atoms with van der Waals surface area (Å²) in [5.74, 6) is -0.719. The smallest absolute Gasteiger partial charge is 0.255 e. The maximum absolute atomic E-state index is 13.0. The van der Waals surface area contributed by atoms with Crippen molar-refractivity contribution < 1.29 is 9.18 Å². The van der Waals surface area contributed by atoms with Crippen LogP contribution in [0.1, 0.15) is 15.9 Å². The van der Waals surface area contributed by atoms with Crippen molar-refractivity contribution in [3.63, 3.8) is 0 Å². The highest BCUT2D eigenvalue weighted by atomic mass is 35.5. The van der Waals surface area contributed by atoms with Crippen molar-refractivity contribution in [1.82, 2.24) is 0 Å². The number of hydrogen-bond acceptors (Lipinski definition) is 2. The zero-order chi connectivity index (χ0) is 14.0. The number of halogens is 2. The summed E-state index contributed by atoms with van der Waals surface area (Å²) in [7, 11) is 0. The van der Waals surface area contributed by atoms with Gasteiger partial charge in [0.25, 0.3) is 5.91 Å². The summed E-state index contributed by atoms with van der Waals surface area (Å²) >= 11 is 5.97. The quantitative estimate of drug-likeness (QED) is 0.824. The molecule has 19 heavy (non-hydrogen) atoms. The van der Waals surface area contributed by atoms with E-state index in [4.69, 9.17) is 17.3 Å². The van der Waals surface area contributed by atoms with Gasteiger partial charge in [0.05, 0.1) is 10.7 Å². The summed E-state index contributed by atoms with van der Waals surface area (Å²) in [5.41, 5.74) is 7.51. The van der Waals surface area contributed by atoms with Crippen LogP contribution >= 0.6 is 11.6 Å². The van der Waals surface area contributed by atoms with Gasteiger partial charge in [0.2, 0.25) is 0 Å². The Hall–Kier alpha value is -2.07. The van der Waals surface area contributed by atoms with Gasteiger partial charge in [-0.3, -0.25) is 4.79 Å². The van der Waals surface area contributed by atoms with Gasteiger partial charge in [-0.2, -0.15) is 0 Å². The standard InChI is InChI=1S/C14H12ClFN2O/c1-8-6-9(16)2-4-11(8)14(19)18-13-5-3-10(17)7-12(13)15/h2-7H,17H2,1H3,(H,18,19). The molecule has 3 N–H and O–H groups in total. The lowest BCUT2D eigenvalue weighted by Crippen LogP contribution is -2.13. The highest BCUT2D eigenvalue weighted by Crippen LogP contribution is 2.25. The Kier molecular flexibility index (Phi) is 3.71. The summed E-state index contributed by atoms with van der Waals surface area (Å²) < 4.78 is 13.0. The van der Waals surface area contributed by atoms with Crippen LogP contribution < -0.4 is 11.1 Å². The minimum atomic E-state index is -0.375. The lowest BCUT2D eigenvalue weighted by molar-refractivity contribution is 0.102. The van der Waals surface area contributed by atoms with Crippen molar-refractivity contribution in [3.05, 3.63) is 58.4 Å². The number of nitrogens with two attached hydrogens (primary N) is 1. The highest BCUT2D eigenvalue weighted by Gasteiger charge is 2.11. The number of anilines is 2. The monoisotopic (exact) mass is 278 g/mol. The molecule has 5 heteroatoms. The molecule has 0 unspecified atom stereocenters. The van der Waals surface area contributed by atoms with Gasteiger partial charge in [-0.05, 0) is 48.9 Å². The van der Waals surface area contributed by atoms with E-state index < -0.39 is 0 Å². The Bertz CT molecular complexity index is 643. The number of carbonyl (C=O) groups is 1. The molecule has 2 aromatic rings. The fraction of sp³-hybridized carbons (Fsp3) is 0.0714. The molecule has 0 aromatic heterocycles. The molecule has 0 aliphatic carbocycles. The second-order valence-corrected chi connectivity index (χ2v) is 4.56. The third kappa shape index (κ3) is 3.03. The van der Waals surface area contributed by atoms with Crippen LogP contribution in [0.15, 0.2) is 36.4 Å². The molecular formula is C14H12ClFN2O. The third-order valence-corrected chi connectivity index (χ3v) is 2.99. The molecule has 0 aliphatic rings. The number of amides is 1. The van der Waals surface area contributed by atoms with Crippen LogP contribution in [0.25, 0.3) is 0 Å². The van der Waals surface area contributed by atoms with Crippen LogP contribution in [0.3, 0.4) is 0 Å². The fourth-order valence-electron chi connectivity index (χ4n) is 1.70. The first kappa shape index (κ1) is 13.4. The average Bonchev–Trinajstić information content (AvgIpc) is 2.32. The number of carbonyl (C=O) groups excluding carboxylic acids is 1. The molecule has 0 atom stereocenters. The van der Waals surface area contributed by atoms with Crippen LogP contribution in [0, 0.1) is 12.7 Å². The second kappa shape index (κ2) is 5.28. The number of hydrogen-bond donors (Lipinski definition) is 2. The molecule has 2 aromatic carbocycles. The van der Waals surface area contributed by atoms with E-state index in [0.29, 0.717) is 27.5 Å². The number of benzene rings is 2. The molecule has 1 amide bonds. The lowest BCUT2D eigenvalue weighted by atomic mass is 10.1. The molecule has 0 aliphatic heterocycles. The molecule has 0 fully saturated rings. The zero-order valence-electron chi connectivity index (χ0n) is 10.2. The zero-order valence-corrected chi connectivity index (χ0v) is 11.0. The Labute approximate surface area is 115 Å². The molecule has 2 rings (SSSR count). The summed E-state index contributed by atoms with van der Waals surface area (Å²) in [6, 6.07) is 8.79. The van der Waals surface area contributed by atoms with Gasteiger partial charge >= 0.3 is 0 Å². The van der Waals surface area contributed by atoms with E-state index in [9.17, 15) is 9.18 Å².